The second kappa shape index (κ2) is 3.81. The lowest BCUT2D eigenvalue weighted by molar-refractivity contribution is -0.153. The zero-order valence-corrected chi connectivity index (χ0v) is 8.51. The van der Waals surface area contributed by atoms with Crippen LogP contribution in [-0.2, 0) is 19.1 Å². The molecule has 84 valence electrons. The van der Waals surface area contributed by atoms with E-state index in [4.69, 9.17) is 14.6 Å². The van der Waals surface area contributed by atoms with Crippen LogP contribution >= 0.6 is 0 Å². The van der Waals surface area contributed by atoms with Crippen LogP contribution in [-0.4, -0.2) is 36.4 Å². The Kier molecular flexibility index (Phi) is 2.65. The largest absolute Gasteiger partial charge is 0.479 e. The molecule has 0 aromatic rings. The predicted molar refractivity (Wildman–Crippen MR) is 49.1 cm³/mol. The first-order valence-electron chi connectivity index (χ1n) is 5.16. The number of hydrogen-bond acceptors (Lipinski definition) is 4. The van der Waals surface area contributed by atoms with Gasteiger partial charge < -0.3 is 14.6 Å². The average Bonchev–Trinajstić information content (AvgIpc) is 2.90. The minimum Gasteiger partial charge on any atom is -0.479 e. The van der Waals surface area contributed by atoms with E-state index in [1.165, 1.54) is 0 Å². The monoisotopic (exact) mass is 214 g/mol. The number of fused-ring (bicyclic) bond motifs is 1. The quantitative estimate of drug-likeness (QED) is 0.683. The molecule has 0 aromatic carbocycles. The van der Waals surface area contributed by atoms with Crippen LogP contribution < -0.4 is 0 Å². The van der Waals surface area contributed by atoms with Gasteiger partial charge in [0.15, 0.2) is 6.10 Å². The Bertz CT molecular complexity index is 288. The summed E-state index contributed by atoms with van der Waals surface area (Å²) in [6.45, 7) is 2.50. The third-order valence-electron chi connectivity index (χ3n) is 3.14. The zero-order valence-electron chi connectivity index (χ0n) is 8.51. The fourth-order valence-electron chi connectivity index (χ4n) is 2.30. The molecule has 1 saturated carbocycles. The highest BCUT2D eigenvalue weighted by molar-refractivity contribution is 5.78. The molecular formula is C10H14O5. The molecule has 2 aliphatic rings. The number of carbonyl (C=O) groups excluding carboxylic acids is 1. The van der Waals surface area contributed by atoms with E-state index in [2.05, 4.69) is 0 Å². The van der Waals surface area contributed by atoms with Gasteiger partial charge in [-0.2, -0.15) is 0 Å². The Hall–Kier alpha value is -1.10. The molecule has 1 aliphatic heterocycles. The molecule has 0 bridgehead atoms. The van der Waals surface area contributed by atoms with E-state index in [1.807, 2.05) is 0 Å². The summed E-state index contributed by atoms with van der Waals surface area (Å²) in [7, 11) is 0. The number of ether oxygens (including phenoxy) is 2. The van der Waals surface area contributed by atoms with Crippen LogP contribution in [0.25, 0.3) is 0 Å². The highest BCUT2D eigenvalue weighted by Gasteiger charge is 2.59. The maximum atomic E-state index is 11.4. The van der Waals surface area contributed by atoms with Gasteiger partial charge in [-0.15, -0.1) is 0 Å². The lowest BCUT2D eigenvalue weighted by atomic mass is 10.1. The first-order valence-corrected chi connectivity index (χ1v) is 5.16. The Morgan fingerprint density at radius 1 is 1.47 bits per heavy atom. The molecule has 1 N–H and O–H groups in total. The number of rotatable bonds is 3. The van der Waals surface area contributed by atoms with E-state index in [-0.39, 0.29) is 23.7 Å². The summed E-state index contributed by atoms with van der Waals surface area (Å²) in [6.07, 6.45) is -0.311. The van der Waals surface area contributed by atoms with Gasteiger partial charge in [-0.25, -0.2) is 4.79 Å². The van der Waals surface area contributed by atoms with Crippen LogP contribution in [0.2, 0.25) is 0 Å². The molecule has 1 unspecified atom stereocenters. The predicted octanol–water partition coefficient (Wildman–Crippen LogP) is 0.285. The molecule has 5 nitrogen and oxygen atoms in total. The van der Waals surface area contributed by atoms with Gasteiger partial charge in [0.05, 0.1) is 19.1 Å². The summed E-state index contributed by atoms with van der Waals surface area (Å²) in [5.41, 5.74) is 0. The van der Waals surface area contributed by atoms with Gasteiger partial charge in [0.2, 0.25) is 0 Å². The van der Waals surface area contributed by atoms with Crippen LogP contribution in [0.3, 0.4) is 0 Å². The van der Waals surface area contributed by atoms with Crippen molar-refractivity contribution < 1.29 is 24.2 Å². The molecule has 5 heteroatoms. The van der Waals surface area contributed by atoms with Crippen molar-refractivity contribution in [3.05, 3.63) is 0 Å². The maximum absolute atomic E-state index is 11.4. The standard InChI is InChI=1S/C10H14O5/c1-2-14-10(13)8-5-3-7(9(11)12)15-4-6(5)8/h5-8H,2-4H2,1H3,(H,11,12)/t5-,6+,7-,8?/m0/s1. The first kappa shape index (κ1) is 10.4. The fraction of sp³-hybridized carbons (Fsp3) is 0.800. The molecule has 1 saturated heterocycles. The molecule has 0 spiro atoms. The fourth-order valence-corrected chi connectivity index (χ4v) is 2.30. The minimum absolute atomic E-state index is 0.130. The SMILES string of the molecule is CCOC(=O)C1[C@H]2C[C@@H](C(=O)O)OC[C@@H]12. The number of carbonyl (C=O) groups is 2. The Balaban J connectivity index is 1.90. The number of carboxylic acids is 1. The van der Waals surface area contributed by atoms with E-state index in [0.717, 1.165) is 0 Å². The molecule has 2 rings (SSSR count). The van der Waals surface area contributed by atoms with Crippen LogP contribution in [0.1, 0.15) is 13.3 Å². The molecule has 2 fully saturated rings. The molecule has 1 heterocycles. The Labute approximate surface area is 87.4 Å². The van der Waals surface area contributed by atoms with Crippen molar-refractivity contribution in [1.82, 2.24) is 0 Å². The third kappa shape index (κ3) is 1.84. The normalized spacial score (nSPS) is 37.9. The van der Waals surface area contributed by atoms with E-state index < -0.39 is 12.1 Å². The number of hydrogen-bond donors (Lipinski definition) is 1. The number of carboxylic acid groups (broad SMARTS) is 1. The maximum Gasteiger partial charge on any atom is 0.332 e. The van der Waals surface area contributed by atoms with Gasteiger partial charge in [-0.1, -0.05) is 0 Å². The second-order valence-electron chi connectivity index (χ2n) is 4.00. The number of esters is 1. The number of aliphatic carboxylic acids is 1. The summed E-state index contributed by atoms with van der Waals surface area (Å²) in [5, 5.41) is 8.76. The smallest absolute Gasteiger partial charge is 0.332 e. The van der Waals surface area contributed by atoms with E-state index in [9.17, 15) is 9.59 Å². The van der Waals surface area contributed by atoms with Crippen molar-refractivity contribution in [2.75, 3.05) is 13.2 Å². The molecule has 15 heavy (non-hydrogen) atoms. The van der Waals surface area contributed by atoms with E-state index >= 15 is 0 Å². The third-order valence-corrected chi connectivity index (χ3v) is 3.14. The van der Waals surface area contributed by atoms with Gasteiger partial charge >= 0.3 is 11.9 Å². The van der Waals surface area contributed by atoms with Crippen molar-refractivity contribution in [3.8, 4) is 0 Å². The molecule has 0 aromatic heterocycles. The van der Waals surface area contributed by atoms with Crippen molar-refractivity contribution in [1.29, 1.82) is 0 Å². The summed E-state index contributed by atoms with van der Waals surface area (Å²) in [5.74, 6) is -0.946. The van der Waals surface area contributed by atoms with Crippen LogP contribution in [0, 0.1) is 17.8 Å². The summed E-state index contributed by atoms with van der Waals surface area (Å²) >= 11 is 0. The second-order valence-corrected chi connectivity index (χ2v) is 4.00. The van der Waals surface area contributed by atoms with Gasteiger partial charge in [0, 0.05) is 0 Å². The molecule has 1 aliphatic carbocycles. The summed E-state index contributed by atoms with van der Waals surface area (Å²) < 4.78 is 10.1. The molecule has 0 amide bonds. The summed E-state index contributed by atoms with van der Waals surface area (Å²) in [6, 6.07) is 0. The van der Waals surface area contributed by atoms with E-state index in [1.54, 1.807) is 6.92 Å². The molecule has 4 atom stereocenters. The van der Waals surface area contributed by atoms with Crippen molar-refractivity contribution in [2.45, 2.75) is 19.4 Å². The van der Waals surface area contributed by atoms with Gasteiger partial charge in [0.1, 0.15) is 0 Å². The average molecular weight is 214 g/mol. The van der Waals surface area contributed by atoms with Gasteiger partial charge in [-0.05, 0) is 25.2 Å². The van der Waals surface area contributed by atoms with Crippen molar-refractivity contribution in [3.63, 3.8) is 0 Å². The Morgan fingerprint density at radius 2 is 2.20 bits per heavy atom. The van der Waals surface area contributed by atoms with Crippen molar-refractivity contribution >= 4 is 11.9 Å². The lowest BCUT2D eigenvalue weighted by Crippen LogP contribution is -2.28. The van der Waals surface area contributed by atoms with Crippen molar-refractivity contribution in [2.24, 2.45) is 17.8 Å². The zero-order chi connectivity index (χ0) is 11.0. The van der Waals surface area contributed by atoms with Crippen LogP contribution in [0.15, 0.2) is 0 Å². The van der Waals surface area contributed by atoms with E-state index in [0.29, 0.717) is 19.6 Å². The van der Waals surface area contributed by atoms with Gasteiger partial charge in [0.25, 0.3) is 0 Å². The topological polar surface area (TPSA) is 72.8 Å². The van der Waals surface area contributed by atoms with Gasteiger partial charge in [-0.3, -0.25) is 4.79 Å². The minimum atomic E-state index is -0.942. The summed E-state index contributed by atoms with van der Waals surface area (Å²) in [4.78, 5) is 22.1. The molecule has 0 radical (unpaired) electrons. The van der Waals surface area contributed by atoms with Crippen LogP contribution in [0.5, 0.6) is 0 Å². The highest BCUT2D eigenvalue weighted by Crippen LogP contribution is 2.53. The Morgan fingerprint density at radius 3 is 2.80 bits per heavy atom. The molecular weight excluding hydrogens is 200 g/mol. The highest BCUT2D eigenvalue weighted by atomic mass is 16.5. The lowest BCUT2D eigenvalue weighted by Gasteiger charge is -2.17. The van der Waals surface area contributed by atoms with Crippen LogP contribution in [0.4, 0.5) is 0 Å². The first-order chi connectivity index (χ1) is 7.15.